The molecule has 5 aromatic rings. The van der Waals surface area contributed by atoms with Gasteiger partial charge in [-0.3, -0.25) is 4.79 Å². The maximum Gasteiger partial charge on any atom is 0.252 e. The van der Waals surface area contributed by atoms with E-state index in [-0.39, 0.29) is 29.0 Å². The van der Waals surface area contributed by atoms with Crippen molar-refractivity contribution in [3.63, 3.8) is 0 Å². The number of aliphatic hydroxyl groups excluding tert-OH is 1. The predicted molar refractivity (Wildman–Crippen MR) is 212 cm³/mol. The fraction of sp³-hybridized carbons (Fsp3) is 0.372. The van der Waals surface area contributed by atoms with E-state index in [1.807, 2.05) is 79.7 Å². The first kappa shape index (κ1) is 36.9. The standard InChI is InChI=1S/C43H47NO5S3/c1-29-9-7-22-42(3)38(36-19-17-31(25-34(45)18-15-29)26-37(36)41(46)39-20-16-30(2)51-39)21-23-43(42,47)28-44(52(48,49)40-14-8-24-50-40)27-33-12-6-11-32-10-4-5-13-35(32)33/h4-6,8-14,16-17,19-20,24,26,34,38,45,47H,7,15,18,21-23,25,27-28H2,1-3H3/t34-,38-,42-,43+/m0/s1. The molecule has 272 valence electrons. The van der Waals surface area contributed by atoms with Crippen molar-refractivity contribution in [2.24, 2.45) is 5.41 Å². The van der Waals surface area contributed by atoms with Crippen LogP contribution in [0.3, 0.4) is 0 Å². The van der Waals surface area contributed by atoms with E-state index in [1.165, 1.54) is 32.6 Å². The lowest BCUT2D eigenvalue weighted by Gasteiger charge is -2.46. The van der Waals surface area contributed by atoms with Crippen LogP contribution in [0.1, 0.15) is 95.1 Å². The van der Waals surface area contributed by atoms with E-state index in [4.69, 9.17) is 0 Å². The van der Waals surface area contributed by atoms with Gasteiger partial charge in [0.1, 0.15) is 4.21 Å². The number of thiophene rings is 2. The summed E-state index contributed by atoms with van der Waals surface area (Å²) in [5.74, 6) is -0.264. The van der Waals surface area contributed by atoms with Gasteiger partial charge in [0.25, 0.3) is 10.0 Å². The molecular weight excluding hydrogens is 707 g/mol. The summed E-state index contributed by atoms with van der Waals surface area (Å²) in [7, 11) is -3.98. The largest absolute Gasteiger partial charge is 0.393 e. The molecule has 0 radical (unpaired) electrons. The number of ketones is 1. The van der Waals surface area contributed by atoms with Gasteiger partial charge >= 0.3 is 0 Å². The Morgan fingerprint density at radius 3 is 2.54 bits per heavy atom. The molecule has 1 saturated carbocycles. The Hall–Kier alpha value is -3.44. The molecule has 0 amide bonds. The van der Waals surface area contributed by atoms with E-state index >= 15 is 0 Å². The summed E-state index contributed by atoms with van der Waals surface area (Å²) in [4.78, 5) is 16.0. The molecular formula is C43H47NO5S3. The molecule has 9 heteroatoms. The maximum atomic E-state index is 14.5. The molecule has 8 rings (SSSR count). The molecule has 0 spiro atoms. The van der Waals surface area contributed by atoms with Crippen LogP contribution in [0.4, 0.5) is 0 Å². The smallest absolute Gasteiger partial charge is 0.252 e. The van der Waals surface area contributed by atoms with Gasteiger partial charge in [0.05, 0.1) is 16.6 Å². The van der Waals surface area contributed by atoms with Crippen LogP contribution in [0.2, 0.25) is 0 Å². The highest BCUT2D eigenvalue weighted by Crippen LogP contribution is 2.59. The molecule has 0 aliphatic heterocycles. The predicted octanol–water partition coefficient (Wildman–Crippen LogP) is 9.43. The summed E-state index contributed by atoms with van der Waals surface area (Å²) in [5.41, 5.74) is 2.28. The minimum absolute atomic E-state index is 0.0529. The number of rotatable bonds is 8. The van der Waals surface area contributed by atoms with E-state index in [1.54, 1.807) is 17.5 Å². The van der Waals surface area contributed by atoms with Crippen LogP contribution < -0.4 is 0 Å². The van der Waals surface area contributed by atoms with Gasteiger partial charge in [-0.15, -0.1) is 22.7 Å². The van der Waals surface area contributed by atoms with Gasteiger partial charge in [-0.25, -0.2) is 8.42 Å². The number of nitrogens with zero attached hydrogens (tertiary/aromatic N) is 1. The number of aryl methyl sites for hydroxylation is 1. The number of hydrogen-bond donors (Lipinski definition) is 2. The number of sulfonamides is 1. The molecule has 0 unspecified atom stereocenters. The molecule has 3 aliphatic carbocycles. The van der Waals surface area contributed by atoms with Crippen molar-refractivity contribution >= 4 is 49.3 Å². The first-order chi connectivity index (χ1) is 24.9. The Morgan fingerprint density at radius 2 is 1.77 bits per heavy atom. The lowest BCUT2D eigenvalue weighted by molar-refractivity contribution is -0.0731. The average molecular weight is 754 g/mol. The van der Waals surface area contributed by atoms with Gasteiger partial charge in [-0.05, 0) is 122 Å². The van der Waals surface area contributed by atoms with E-state index < -0.39 is 27.1 Å². The Bertz CT molecular complexity index is 2220. The van der Waals surface area contributed by atoms with Crippen LogP contribution in [0.5, 0.6) is 0 Å². The summed E-state index contributed by atoms with van der Waals surface area (Å²) in [6.07, 6.45) is 5.77. The second kappa shape index (κ2) is 14.8. The number of carbonyl (C=O) groups is 1. The highest BCUT2D eigenvalue weighted by atomic mass is 32.2. The fourth-order valence-electron chi connectivity index (χ4n) is 8.56. The van der Waals surface area contributed by atoms with Crippen molar-refractivity contribution < 1.29 is 23.4 Å². The number of carbonyl (C=O) groups excluding carboxylic acids is 1. The average Bonchev–Trinajstić information content (AvgIpc) is 3.88. The summed E-state index contributed by atoms with van der Waals surface area (Å²) in [6.45, 7) is 6.22. The van der Waals surface area contributed by atoms with Crippen molar-refractivity contribution in [3.05, 3.63) is 134 Å². The zero-order valence-electron chi connectivity index (χ0n) is 30.0. The summed E-state index contributed by atoms with van der Waals surface area (Å²) < 4.78 is 30.8. The van der Waals surface area contributed by atoms with Crippen LogP contribution in [0.25, 0.3) is 10.8 Å². The molecule has 3 aliphatic rings. The second-order valence-electron chi connectivity index (χ2n) is 15.0. The number of benzene rings is 3. The summed E-state index contributed by atoms with van der Waals surface area (Å²) in [5, 5.41) is 27.9. The van der Waals surface area contributed by atoms with Gasteiger partial charge in [0.2, 0.25) is 5.78 Å². The third-order valence-corrected chi connectivity index (χ3v) is 15.8. The number of hydrogen-bond acceptors (Lipinski definition) is 7. The van der Waals surface area contributed by atoms with Crippen molar-refractivity contribution in [2.45, 2.75) is 94.1 Å². The Kier molecular flexibility index (Phi) is 10.5. The molecule has 2 N–H and O–H groups in total. The zero-order valence-corrected chi connectivity index (χ0v) is 32.5. The SMILES string of the molecule is CC1=CCC[C@@]2(C)[C@@H](CC[C@@]2(O)CN(Cc2cccc3ccccc23)S(=O)(=O)c2cccs2)c2ccc(cc2C(=O)c2ccc(C)s2)C[C@@H](O)CC1. The van der Waals surface area contributed by atoms with E-state index in [9.17, 15) is 23.4 Å². The second-order valence-corrected chi connectivity index (χ2v) is 19.4. The highest BCUT2D eigenvalue weighted by Gasteiger charge is 2.58. The van der Waals surface area contributed by atoms with Crippen molar-refractivity contribution in [2.75, 3.05) is 6.54 Å². The van der Waals surface area contributed by atoms with Gasteiger partial charge in [0, 0.05) is 28.9 Å². The zero-order chi connectivity index (χ0) is 36.7. The van der Waals surface area contributed by atoms with Crippen LogP contribution in [-0.4, -0.2) is 47.0 Å². The highest BCUT2D eigenvalue weighted by molar-refractivity contribution is 7.91. The lowest BCUT2D eigenvalue weighted by Crippen LogP contribution is -2.53. The molecule has 0 saturated heterocycles. The van der Waals surface area contributed by atoms with Gasteiger partial charge in [-0.2, -0.15) is 4.31 Å². The molecule has 3 aromatic carbocycles. The van der Waals surface area contributed by atoms with Crippen LogP contribution >= 0.6 is 22.7 Å². The van der Waals surface area contributed by atoms with E-state index in [0.29, 0.717) is 49.0 Å². The van der Waals surface area contributed by atoms with Crippen LogP contribution in [0, 0.1) is 12.3 Å². The summed E-state index contributed by atoms with van der Waals surface area (Å²) >= 11 is 2.66. The number of allylic oxidation sites excluding steroid dienone is 2. The molecule has 2 aromatic heterocycles. The lowest BCUT2D eigenvalue weighted by atomic mass is 9.65. The minimum atomic E-state index is -3.98. The van der Waals surface area contributed by atoms with Gasteiger partial charge in [-0.1, -0.05) is 79.2 Å². The van der Waals surface area contributed by atoms with Crippen molar-refractivity contribution in [3.8, 4) is 0 Å². The Labute approximate surface area is 315 Å². The first-order valence-corrected chi connectivity index (χ1v) is 21.3. The topological polar surface area (TPSA) is 94.9 Å². The Morgan fingerprint density at radius 1 is 0.962 bits per heavy atom. The summed E-state index contributed by atoms with van der Waals surface area (Å²) in [6, 6.07) is 27.2. The Balaban J connectivity index is 1.34. The van der Waals surface area contributed by atoms with Crippen molar-refractivity contribution in [1.82, 2.24) is 4.31 Å². The molecule has 52 heavy (non-hydrogen) atoms. The van der Waals surface area contributed by atoms with Crippen molar-refractivity contribution in [1.29, 1.82) is 0 Å². The maximum absolute atomic E-state index is 14.5. The molecule has 2 heterocycles. The van der Waals surface area contributed by atoms with Gasteiger partial charge in [0.15, 0.2) is 0 Å². The number of fused-ring (bicyclic) bond motifs is 9. The molecule has 6 nitrogen and oxygen atoms in total. The monoisotopic (exact) mass is 753 g/mol. The van der Waals surface area contributed by atoms with Gasteiger partial charge < -0.3 is 10.2 Å². The quantitative estimate of drug-likeness (QED) is 0.122. The van der Waals surface area contributed by atoms with E-state index in [2.05, 4.69) is 19.9 Å². The molecule has 1 fully saturated rings. The van der Waals surface area contributed by atoms with Crippen LogP contribution in [-0.2, 0) is 23.0 Å². The molecule has 2 bridgehead atoms. The van der Waals surface area contributed by atoms with E-state index in [0.717, 1.165) is 38.8 Å². The number of aliphatic hydroxyl groups is 2. The minimum Gasteiger partial charge on any atom is -0.393 e. The first-order valence-electron chi connectivity index (χ1n) is 18.2. The molecule has 4 atom stereocenters. The van der Waals surface area contributed by atoms with Crippen LogP contribution in [0.15, 0.2) is 106 Å². The third-order valence-electron chi connectivity index (χ3n) is 11.6. The normalized spacial score (nSPS) is 24.2. The fourth-order valence-corrected chi connectivity index (χ4v) is 12.0. The third kappa shape index (κ3) is 7.11.